The number of hydrogen-bond donors (Lipinski definition) is 2. The van der Waals surface area contributed by atoms with E-state index >= 15 is 0 Å². The Morgan fingerprint density at radius 1 is 0.931 bits per heavy atom. The van der Waals surface area contributed by atoms with Gasteiger partial charge in [-0.2, -0.15) is 0 Å². The summed E-state index contributed by atoms with van der Waals surface area (Å²) in [5.41, 5.74) is 3.23. The van der Waals surface area contributed by atoms with Crippen molar-refractivity contribution in [3.8, 4) is 11.1 Å². The predicted octanol–water partition coefficient (Wildman–Crippen LogP) is 4.42. The van der Waals surface area contributed by atoms with Gasteiger partial charge in [0.05, 0.1) is 11.7 Å². The van der Waals surface area contributed by atoms with Crippen LogP contribution in [0.4, 0.5) is 20.6 Å². The fourth-order valence-corrected chi connectivity index (χ4v) is 3.48. The molecule has 1 atom stereocenters. The van der Waals surface area contributed by atoms with E-state index in [1.165, 1.54) is 12.1 Å². The molecule has 3 aromatic rings. The molecule has 0 unspecified atom stereocenters. The molecule has 1 aliphatic rings. The first-order chi connectivity index (χ1) is 14.1. The molecule has 1 heterocycles. The van der Waals surface area contributed by atoms with Gasteiger partial charge in [-0.05, 0) is 35.9 Å². The monoisotopic (exact) mass is 389 g/mol. The number of carbonyl (C=O) groups excluding carboxylic acids is 2. The van der Waals surface area contributed by atoms with E-state index in [4.69, 9.17) is 0 Å². The lowest BCUT2D eigenvalue weighted by atomic mass is 10.0. The molecule has 0 radical (unpaired) electrons. The molecule has 3 aromatic carbocycles. The van der Waals surface area contributed by atoms with Crippen LogP contribution >= 0.6 is 0 Å². The molecule has 2 N–H and O–H groups in total. The van der Waals surface area contributed by atoms with Crippen LogP contribution in [-0.2, 0) is 4.79 Å². The van der Waals surface area contributed by atoms with Crippen LogP contribution in [0.15, 0.2) is 78.9 Å². The minimum atomic E-state index is -0.368. The molecular formula is C23H20FN3O2. The van der Waals surface area contributed by atoms with Crippen molar-refractivity contribution in [3.63, 3.8) is 0 Å². The smallest absolute Gasteiger partial charge is 0.319 e. The number of anilines is 2. The fraction of sp³-hybridized carbons (Fsp3) is 0.130. The summed E-state index contributed by atoms with van der Waals surface area (Å²) in [5.74, 6) is -0.460. The predicted molar refractivity (Wildman–Crippen MR) is 111 cm³/mol. The maximum absolute atomic E-state index is 13.1. The Morgan fingerprint density at radius 2 is 1.62 bits per heavy atom. The number of amides is 3. The summed E-state index contributed by atoms with van der Waals surface area (Å²) < 4.78 is 13.1. The normalized spacial score (nSPS) is 16.0. The molecule has 4 rings (SSSR count). The second kappa shape index (κ2) is 8.14. The Balaban J connectivity index is 1.42. The van der Waals surface area contributed by atoms with Crippen LogP contribution in [0.5, 0.6) is 0 Å². The first kappa shape index (κ1) is 18.7. The highest BCUT2D eigenvalue weighted by Gasteiger charge is 2.31. The number of halogens is 1. The van der Waals surface area contributed by atoms with Crippen LogP contribution < -0.4 is 15.5 Å². The first-order valence-electron chi connectivity index (χ1n) is 9.38. The molecule has 0 aliphatic carbocycles. The van der Waals surface area contributed by atoms with E-state index in [0.717, 1.165) is 11.1 Å². The van der Waals surface area contributed by atoms with Gasteiger partial charge in [0.15, 0.2) is 0 Å². The average Bonchev–Trinajstić information content (AvgIpc) is 3.09. The summed E-state index contributed by atoms with van der Waals surface area (Å²) >= 11 is 0. The van der Waals surface area contributed by atoms with Crippen molar-refractivity contribution in [3.05, 3.63) is 84.7 Å². The van der Waals surface area contributed by atoms with Gasteiger partial charge in [-0.3, -0.25) is 4.79 Å². The summed E-state index contributed by atoms with van der Waals surface area (Å²) in [4.78, 5) is 26.4. The van der Waals surface area contributed by atoms with Gasteiger partial charge in [-0.15, -0.1) is 0 Å². The Bertz CT molecular complexity index is 1020. The van der Waals surface area contributed by atoms with E-state index in [1.807, 2.05) is 54.6 Å². The molecule has 1 saturated heterocycles. The van der Waals surface area contributed by atoms with E-state index in [0.29, 0.717) is 17.9 Å². The molecule has 29 heavy (non-hydrogen) atoms. The molecule has 1 aliphatic heterocycles. The van der Waals surface area contributed by atoms with Crippen molar-refractivity contribution in [2.75, 3.05) is 16.8 Å². The van der Waals surface area contributed by atoms with Gasteiger partial charge in [0, 0.05) is 24.2 Å². The molecule has 0 bridgehead atoms. The lowest BCUT2D eigenvalue weighted by molar-refractivity contribution is -0.117. The molecule has 0 saturated carbocycles. The lowest BCUT2D eigenvalue weighted by Crippen LogP contribution is -2.39. The number of benzene rings is 3. The summed E-state index contributed by atoms with van der Waals surface area (Å²) in [7, 11) is 0. The van der Waals surface area contributed by atoms with Gasteiger partial charge in [0.25, 0.3) is 0 Å². The second-order valence-electron chi connectivity index (χ2n) is 6.89. The van der Waals surface area contributed by atoms with E-state index in [2.05, 4.69) is 10.6 Å². The van der Waals surface area contributed by atoms with Gasteiger partial charge in [0.1, 0.15) is 5.82 Å². The van der Waals surface area contributed by atoms with Crippen LogP contribution in [0.25, 0.3) is 11.1 Å². The van der Waals surface area contributed by atoms with Gasteiger partial charge in [-0.1, -0.05) is 48.5 Å². The second-order valence-corrected chi connectivity index (χ2v) is 6.89. The quantitative estimate of drug-likeness (QED) is 0.694. The molecule has 146 valence electrons. The fourth-order valence-electron chi connectivity index (χ4n) is 3.48. The van der Waals surface area contributed by atoms with Crippen molar-refractivity contribution in [1.82, 2.24) is 5.32 Å². The maximum atomic E-state index is 13.1. The molecule has 0 spiro atoms. The standard InChI is InChI=1S/C23H20FN3O2/c24-17-10-12-19(13-11-17)27-15-18(14-22(27)28)25-23(29)26-21-9-5-4-8-20(21)16-6-2-1-3-7-16/h1-13,18H,14-15H2,(H2,25,26,29)/t18-/m0/s1. The molecule has 1 fully saturated rings. The minimum absolute atomic E-state index is 0.105. The molecule has 3 amide bonds. The van der Waals surface area contributed by atoms with E-state index < -0.39 is 0 Å². The molecular weight excluding hydrogens is 369 g/mol. The average molecular weight is 389 g/mol. The summed E-state index contributed by atoms with van der Waals surface area (Å²) in [6.07, 6.45) is 0.200. The Labute approximate surface area is 168 Å². The number of nitrogens with zero attached hydrogens (tertiary/aromatic N) is 1. The summed E-state index contributed by atoms with van der Waals surface area (Å²) in [6, 6.07) is 22.4. The van der Waals surface area contributed by atoms with Crippen LogP contribution in [0.3, 0.4) is 0 Å². The highest BCUT2D eigenvalue weighted by Crippen LogP contribution is 2.27. The van der Waals surface area contributed by atoms with Crippen molar-refractivity contribution in [2.45, 2.75) is 12.5 Å². The molecule has 6 heteroatoms. The highest BCUT2D eigenvalue weighted by atomic mass is 19.1. The number of urea groups is 1. The zero-order chi connectivity index (χ0) is 20.2. The third-order valence-electron chi connectivity index (χ3n) is 4.86. The van der Waals surface area contributed by atoms with Gasteiger partial charge in [-0.25, -0.2) is 9.18 Å². The third-order valence-corrected chi connectivity index (χ3v) is 4.86. The number of hydrogen-bond acceptors (Lipinski definition) is 2. The van der Waals surface area contributed by atoms with Crippen LogP contribution in [-0.4, -0.2) is 24.5 Å². The van der Waals surface area contributed by atoms with Gasteiger partial charge in [0.2, 0.25) is 5.91 Å². The lowest BCUT2D eigenvalue weighted by Gasteiger charge is -2.18. The van der Waals surface area contributed by atoms with E-state index in [-0.39, 0.29) is 30.2 Å². The van der Waals surface area contributed by atoms with Crippen molar-refractivity contribution >= 4 is 23.3 Å². The number of rotatable bonds is 4. The molecule has 0 aromatic heterocycles. The minimum Gasteiger partial charge on any atom is -0.333 e. The largest absolute Gasteiger partial charge is 0.333 e. The zero-order valence-corrected chi connectivity index (χ0v) is 15.6. The highest BCUT2D eigenvalue weighted by molar-refractivity contribution is 5.98. The summed E-state index contributed by atoms with van der Waals surface area (Å²) in [5, 5.41) is 5.74. The number of para-hydroxylation sites is 1. The number of nitrogens with one attached hydrogen (secondary N) is 2. The Hall–Kier alpha value is -3.67. The van der Waals surface area contributed by atoms with Crippen molar-refractivity contribution < 1.29 is 14.0 Å². The third kappa shape index (κ3) is 4.27. The topological polar surface area (TPSA) is 61.4 Å². The van der Waals surface area contributed by atoms with Crippen molar-refractivity contribution in [2.24, 2.45) is 0 Å². The van der Waals surface area contributed by atoms with E-state index in [9.17, 15) is 14.0 Å². The summed E-state index contributed by atoms with van der Waals surface area (Å²) in [6.45, 7) is 0.345. The number of carbonyl (C=O) groups is 2. The van der Waals surface area contributed by atoms with Crippen LogP contribution in [0, 0.1) is 5.82 Å². The van der Waals surface area contributed by atoms with Gasteiger partial charge >= 0.3 is 6.03 Å². The van der Waals surface area contributed by atoms with E-state index in [1.54, 1.807) is 17.0 Å². The first-order valence-corrected chi connectivity index (χ1v) is 9.38. The molecule has 5 nitrogen and oxygen atoms in total. The Kier molecular flexibility index (Phi) is 5.24. The van der Waals surface area contributed by atoms with Crippen LogP contribution in [0.1, 0.15) is 6.42 Å². The Morgan fingerprint density at radius 3 is 2.38 bits per heavy atom. The maximum Gasteiger partial charge on any atom is 0.319 e. The zero-order valence-electron chi connectivity index (χ0n) is 15.6. The SMILES string of the molecule is O=C(Nc1ccccc1-c1ccccc1)N[C@H]1CC(=O)N(c2ccc(F)cc2)C1. The van der Waals surface area contributed by atoms with Crippen molar-refractivity contribution in [1.29, 1.82) is 0 Å². The van der Waals surface area contributed by atoms with Gasteiger partial charge < -0.3 is 15.5 Å². The van der Waals surface area contributed by atoms with Crippen LogP contribution in [0.2, 0.25) is 0 Å².